The Labute approximate surface area is 116 Å². The predicted molar refractivity (Wildman–Crippen MR) is 78.1 cm³/mol. The van der Waals surface area contributed by atoms with Crippen molar-refractivity contribution in [3.05, 3.63) is 35.9 Å². The van der Waals surface area contributed by atoms with Crippen LogP contribution >= 0.6 is 0 Å². The van der Waals surface area contributed by atoms with Crippen LogP contribution in [0.5, 0.6) is 0 Å². The molecule has 0 fully saturated rings. The molecule has 0 aromatic heterocycles. The molecule has 3 nitrogen and oxygen atoms in total. The van der Waals surface area contributed by atoms with Crippen molar-refractivity contribution in [2.45, 2.75) is 45.6 Å². The third-order valence-corrected chi connectivity index (χ3v) is 3.06. The van der Waals surface area contributed by atoms with Crippen LogP contribution in [-0.4, -0.2) is 25.2 Å². The molecular weight excluding hydrogens is 238 g/mol. The monoisotopic (exact) mass is 263 g/mol. The van der Waals surface area contributed by atoms with Crippen molar-refractivity contribution in [3.63, 3.8) is 0 Å². The average Bonchev–Trinajstić information content (AvgIpc) is 2.44. The van der Waals surface area contributed by atoms with Gasteiger partial charge < -0.3 is 10.1 Å². The second-order valence-electron chi connectivity index (χ2n) is 4.64. The SMILES string of the molecule is CCCCNC(CCc1ccccc1)C(=O)OCC. The number of nitrogens with one attached hydrogen (secondary N) is 1. The first-order valence-corrected chi connectivity index (χ1v) is 7.21. The Balaban J connectivity index is 2.45. The van der Waals surface area contributed by atoms with E-state index >= 15 is 0 Å². The van der Waals surface area contributed by atoms with Crippen LogP contribution in [0.15, 0.2) is 30.3 Å². The molecule has 1 aromatic rings. The topological polar surface area (TPSA) is 38.3 Å². The maximum atomic E-state index is 11.9. The Morgan fingerprint density at radius 3 is 2.63 bits per heavy atom. The molecule has 0 heterocycles. The van der Waals surface area contributed by atoms with Gasteiger partial charge >= 0.3 is 5.97 Å². The molecule has 0 saturated heterocycles. The van der Waals surface area contributed by atoms with Gasteiger partial charge in [-0.2, -0.15) is 0 Å². The van der Waals surface area contributed by atoms with E-state index in [0.29, 0.717) is 6.61 Å². The summed E-state index contributed by atoms with van der Waals surface area (Å²) in [6.45, 7) is 5.30. The second-order valence-corrected chi connectivity index (χ2v) is 4.64. The van der Waals surface area contributed by atoms with Crippen molar-refractivity contribution in [2.75, 3.05) is 13.2 Å². The van der Waals surface area contributed by atoms with Crippen molar-refractivity contribution < 1.29 is 9.53 Å². The summed E-state index contributed by atoms with van der Waals surface area (Å²) in [6.07, 6.45) is 3.89. The van der Waals surface area contributed by atoms with Gasteiger partial charge in [-0.25, -0.2) is 0 Å². The lowest BCUT2D eigenvalue weighted by Crippen LogP contribution is -2.39. The lowest BCUT2D eigenvalue weighted by molar-refractivity contribution is -0.145. The zero-order valence-electron chi connectivity index (χ0n) is 12.0. The summed E-state index contributed by atoms with van der Waals surface area (Å²) in [5, 5.41) is 3.30. The molecule has 1 unspecified atom stereocenters. The fraction of sp³-hybridized carbons (Fsp3) is 0.562. The molecule has 0 spiro atoms. The van der Waals surface area contributed by atoms with E-state index in [9.17, 15) is 4.79 Å². The van der Waals surface area contributed by atoms with Crippen LogP contribution in [0, 0.1) is 0 Å². The Hall–Kier alpha value is -1.35. The molecule has 1 rings (SSSR count). The molecule has 1 N–H and O–H groups in total. The number of unbranched alkanes of at least 4 members (excludes halogenated alkanes) is 1. The zero-order valence-corrected chi connectivity index (χ0v) is 12.0. The van der Waals surface area contributed by atoms with Crippen molar-refractivity contribution in [1.82, 2.24) is 5.32 Å². The number of hydrogen-bond donors (Lipinski definition) is 1. The lowest BCUT2D eigenvalue weighted by Gasteiger charge is -2.17. The normalized spacial score (nSPS) is 12.1. The van der Waals surface area contributed by atoms with Crippen LogP contribution in [-0.2, 0) is 16.0 Å². The standard InChI is InChI=1S/C16H25NO2/c1-3-5-13-17-15(16(18)19-4-2)12-11-14-9-7-6-8-10-14/h6-10,15,17H,3-5,11-13H2,1-2H3. The van der Waals surface area contributed by atoms with E-state index in [-0.39, 0.29) is 12.0 Å². The predicted octanol–water partition coefficient (Wildman–Crippen LogP) is 2.94. The van der Waals surface area contributed by atoms with Gasteiger partial charge in [-0.15, -0.1) is 0 Å². The number of rotatable bonds is 9. The fourth-order valence-corrected chi connectivity index (χ4v) is 1.95. The molecule has 0 aliphatic heterocycles. The number of esters is 1. The largest absolute Gasteiger partial charge is 0.465 e. The Morgan fingerprint density at radius 1 is 1.26 bits per heavy atom. The molecule has 1 aromatic carbocycles. The summed E-state index contributed by atoms with van der Waals surface area (Å²) in [7, 11) is 0. The van der Waals surface area contributed by atoms with Gasteiger partial charge in [-0.05, 0) is 38.3 Å². The molecule has 0 aliphatic rings. The molecule has 0 amide bonds. The number of carbonyl (C=O) groups is 1. The Morgan fingerprint density at radius 2 is 2.00 bits per heavy atom. The van der Waals surface area contributed by atoms with Crippen LogP contribution in [0.3, 0.4) is 0 Å². The van der Waals surface area contributed by atoms with Crippen molar-refractivity contribution in [3.8, 4) is 0 Å². The van der Waals surface area contributed by atoms with E-state index in [1.54, 1.807) is 0 Å². The fourth-order valence-electron chi connectivity index (χ4n) is 1.95. The highest BCUT2D eigenvalue weighted by atomic mass is 16.5. The van der Waals surface area contributed by atoms with E-state index in [0.717, 1.165) is 32.2 Å². The highest BCUT2D eigenvalue weighted by molar-refractivity contribution is 5.75. The minimum atomic E-state index is -0.188. The Kier molecular flexibility index (Phi) is 7.91. The molecular formula is C16H25NO2. The summed E-state index contributed by atoms with van der Waals surface area (Å²) in [6, 6.07) is 10.1. The highest BCUT2D eigenvalue weighted by Crippen LogP contribution is 2.06. The minimum absolute atomic E-state index is 0.130. The summed E-state index contributed by atoms with van der Waals surface area (Å²) >= 11 is 0. The molecule has 3 heteroatoms. The summed E-state index contributed by atoms with van der Waals surface area (Å²) in [5.41, 5.74) is 1.26. The summed E-state index contributed by atoms with van der Waals surface area (Å²) in [5.74, 6) is -0.130. The third-order valence-electron chi connectivity index (χ3n) is 3.06. The summed E-state index contributed by atoms with van der Waals surface area (Å²) < 4.78 is 5.12. The van der Waals surface area contributed by atoms with Gasteiger partial charge in [0.15, 0.2) is 0 Å². The average molecular weight is 263 g/mol. The highest BCUT2D eigenvalue weighted by Gasteiger charge is 2.18. The van der Waals surface area contributed by atoms with E-state index in [1.165, 1.54) is 5.56 Å². The number of carbonyl (C=O) groups excluding carboxylic acids is 1. The summed E-state index contributed by atoms with van der Waals surface area (Å²) in [4.78, 5) is 11.9. The van der Waals surface area contributed by atoms with E-state index in [4.69, 9.17) is 4.74 Å². The quantitative estimate of drug-likeness (QED) is 0.550. The molecule has 0 bridgehead atoms. The minimum Gasteiger partial charge on any atom is -0.465 e. The zero-order chi connectivity index (χ0) is 13.9. The van der Waals surface area contributed by atoms with Gasteiger partial charge in [0.2, 0.25) is 0 Å². The van der Waals surface area contributed by atoms with Crippen molar-refractivity contribution >= 4 is 5.97 Å². The second kappa shape index (κ2) is 9.56. The van der Waals surface area contributed by atoms with Crippen LogP contribution in [0.1, 0.15) is 38.7 Å². The van der Waals surface area contributed by atoms with Crippen molar-refractivity contribution in [2.24, 2.45) is 0 Å². The van der Waals surface area contributed by atoms with Gasteiger partial charge in [0.05, 0.1) is 6.61 Å². The van der Waals surface area contributed by atoms with Crippen LogP contribution in [0.4, 0.5) is 0 Å². The Bertz CT molecular complexity index is 351. The van der Waals surface area contributed by atoms with Crippen LogP contribution in [0.2, 0.25) is 0 Å². The van der Waals surface area contributed by atoms with E-state index in [1.807, 2.05) is 25.1 Å². The molecule has 106 valence electrons. The number of benzene rings is 1. The third kappa shape index (κ3) is 6.39. The van der Waals surface area contributed by atoms with Crippen LogP contribution in [0.25, 0.3) is 0 Å². The van der Waals surface area contributed by atoms with Gasteiger partial charge in [0, 0.05) is 0 Å². The van der Waals surface area contributed by atoms with E-state index in [2.05, 4.69) is 24.4 Å². The number of hydrogen-bond acceptors (Lipinski definition) is 3. The first-order valence-electron chi connectivity index (χ1n) is 7.21. The molecule has 0 aliphatic carbocycles. The number of aryl methyl sites for hydroxylation is 1. The first kappa shape index (κ1) is 15.7. The van der Waals surface area contributed by atoms with Crippen molar-refractivity contribution in [1.29, 1.82) is 0 Å². The van der Waals surface area contributed by atoms with Gasteiger partial charge in [0.1, 0.15) is 6.04 Å². The van der Waals surface area contributed by atoms with Gasteiger partial charge in [-0.3, -0.25) is 4.79 Å². The maximum Gasteiger partial charge on any atom is 0.323 e. The molecule has 0 saturated carbocycles. The van der Waals surface area contributed by atoms with Crippen LogP contribution < -0.4 is 5.32 Å². The molecule has 19 heavy (non-hydrogen) atoms. The van der Waals surface area contributed by atoms with Gasteiger partial charge in [-0.1, -0.05) is 43.7 Å². The maximum absolute atomic E-state index is 11.9. The van der Waals surface area contributed by atoms with Gasteiger partial charge in [0.25, 0.3) is 0 Å². The van der Waals surface area contributed by atoms with E-state index < -0.39 is 0 Å². The lowest BCUT2D eigenvalue weighted by atomic mass is 10.1. The smallest absolute Gasteiger partial charge is 0.323 e. The molecule has 0 radical (unpaired) electrons. The number of ether oxygens (including phenoxy) is 1. The molecule has 1 atom stereocenters. The first-order chi connectivity index (χ1) is 9.27.